The normalized spacial score (nSPS) is 13.3. The van der Waals surface area contributed by atoms with Gasteiger partial charge in [-0.15, -0.1) is 0 Å². The van der Waals surface area contributed by atoms with Gasteiger partial charge in [0.15, 0.2) is 0 Å². The average molecular weight is 153 g/mol. The summed E-state index contributed by atoms with van der Waals surface area (Å²) in [5.74, 6) is 0.901. The number of nitrogens with zero attached hydrogens (tertiary/aromatic N) is 1. The van der Waals surface area contributed by atoms with Crippen molar-refractivity contribution in [1.82, 2.24) is 9.97 Å². The van der Waals surface area contributed by atoms with Crippen LogP contribution in [0.3, 0.4) is 0 Å². The van der Waals surface area contributed by atoms with Gasteiger partial charge in [-0.2, -0.15) is 0 Å². The summed E-state index contributed by atoms with van der Waals surface area (Å²) in [5, 5.41) is 0. The molecule has 0 saturated carbocycles. The molecule has 0 amide bonds. The Kier molecular flexibility index (Phi) is 3.11. The monoisotopic (exact) mass is 153 g/mol. The molecule has 1 rings (SSSR count). The molecule has 0 radical (unpaired) electrons. The molecule has 62 valence electrons. The van der Waals surface area contributed by atoms with Crippen LogP contribution in [0.2, 0.25) is 0 Å². The lowest BCUT2D eigenvalue weighted by molar-refractivity contribution is 0.580. The quantitative estimate of drug-likeness (QED) is 0.690. The predicted molar refractivity (Wildman–Crippen MR) is 45.0 cm³/mol. The Morgan fingerprint density at radius 1 is 1.73 bits per heavy atom. The highest BCUT2D eigenvalue weighted by Crippen LogP contribution is 2.11. The van der Waals surface area contributed by atoms with Crippen molar-refractivity contribution in [3.63, 3.8) is 0 Å². The van der Waals surface area contributed by atoms with Crippen LogP contribution >= 0.6 is 0 Å². The Balaban J connectivity index is 2.36. The fourth-order valence-corrected chi connectivity index (χ4v) is 1.04. The second-order valence-electron chi connectivity index (χ2n) is 2.72. The van der Waals surface area contributed by atoms with Crippen molar-refractivity contribution in [3.05, 3.63) is 18.2 Å². The second-order valence-corrected chi connectivity index (χ2v) is 2.72. The number of imidazole rings is 1. The first-order valence-electron chi connectivity index (χ1n) is 4.09. The molecule has 0 fully saturated rings. The van der Waals surface area contributed by atoms with E-state index in [1.165, 1.54) is 12.8 Å². The molecule has 0 saturated heterocycles. The van der Waals surface area contributed by atoms with E-state index in [1.54, 1.807) is 12.4 Å². The lowest BCUT2D eigenvalue weighted by atomic mass is 10.1. The molecular formula is C8H15N3. The molecule has 3 heteroatoms. The summed E-state index contributed by atoms with van der Waals surface area (Å²) in [7, 11) is 0. The third kappa shape index (κ3) is 2.35. The van der Waals surface area contributed by atoms with Crippen molar-refractivity contribution >= 4 is 0 Å². The van der Waals surface area contributed by atoms with Crippen LogP contribution < -0.4 is 5.73 Å². The van der Waals surface area contributed by atoms with Gasteiger partial charge >= 0.3 is 0 Å². The largest absolute Gasteiger partial charge is 0.347 e. The third-order valence-corrected chi connectivity index (χ3v) is 1.74. The average Bonchev–Trinajstić information content (AvgIpc) is 2.52. The Morgan fingerprint density at radius 2 is 2.55 bits per heavy atom. The standard InChI is InChI=1S/C8H15N3/c1-2-3-4-7(9)8-10-5-6-11-8/h5-7H,2-4,9H2,1H3,(H,10,11)/t7-/m1/s1. The fourth-order valence-electron chi connectivity index (χ4n) is 1.04. The van der Waals surface area contributed by atoms with E-state index < -0.39 is 0 Å². The van der Waals surface area contributed by atoms with Crippen molar-refractivity contribution < 1.29 is 0 Å². The number of unbranched alkanes of at least 4 members (excludes halogenated alkanes) is 1. The molecule has 1 aromatic rings. The summed E-state index contributed by atoms with van der Waals surface area (Å²) >= 11 is 0. The SMILES string of the molecule is CCCC[C@@H](N)c1ncc[nH]1. The number of aromatic nitrogens is 2. The van der Waals surface area contributed by atoms with Crippen molar-refractivity contribution in [2.75, 3.05) is 0 Å². The molecule has 3 nitrogen and oxygen atoms in total. The maximum atomic E-state index is 5.83. The van der Waals surface area contributed by atoms with Crippen LogP contribution in [-0.2, 0) is 0 Å². The van der Waals surface area contributed by atoms with Gasteiger partial charge in [-0.3, -0.25) is 0 Å². The van der Waals surface area contributed by atoms with E-state index in [2.05, 4.69) is 16.9 Å². The molecule has 3 N–H and O–H groups in total. The van der Waals surface area contributed by atoms with Gasteiger partial charge in [-0.25, -0.2) is 4.98 Å². The van der Waals surface area contributed by atoms with Crippen molar-refractivity contribution in [1.29, 1.82) is 0 Å². The van der Waals surface area contributed by atoms with Crippen LogP contribution in [0.5, 0.6) is 0 Å². The van der Waals surface area contributed by atoms with Gasteiger partial charge < -0.3 is 10.7 Å². The Hall–Kier alpha value is -0.830. The molecule has 0 spiro atoms. The number of H-pyrrole nitrogens is 1. The number of hydrogen-bond donors (Lipinski definition) is 2. The zero-order valence-electron chi connectivity index (χ0n) is 6.88. The number of nitrogens with two attached hydrogens (primary N) is 1. The van der Waals surface area contributed by atoms with Crippen molar-refractivity contribution in [3.8, 4) is 0 Å². The van der Waals surface area contributed by atoms with Gasteiger partial charge in [0, 0.05) is 12.4 Å². The highest BCUT2D eigenvalue weighted by Gasteiger charge is 2.05. The predicted octanol–water partition coefficient (Wildman–Crippen LogP) is 1.60. The summed E-state index contributed by atoms with van der Waals surface area (Å²) < 4.78 is 0. The summed E-state index contributed by atoms with van der Waals surface area (Å²) in [6.45, 7) is 2.16. The van der Waals surface area contributed by atoms with E-state index in [9.17, 15) is 0 Å². The Labute approximate surface area is 67.0 Å². The fraction of sp³-hybridized carbons (Fsp3) is 0.625. The topological polar surface area (TPSA) is 54.7 Å². The zero-order valence-corrected chi connectivity index (χ0v) is 6.88. The molecule has 0 bridgehead atoms. The first-order valence-corrected chi connectivity index (χ1v) is 4.09. The molecule has 1 heterocycles. The maximum Gasteiger partial charge on any atom is 0.123 e. The van der Waals surface area contributed by atoms with Gasteiger partial charge in [0.25, 0.3) is 0 Å². The lowest BCUT2D eigenvalue weighted by Gasteiger charge is -2.06. The molecule has 0 aromatic carbocycles. The van der Waals surface area contributed by atoms with E-state index in [1.807, 2.05) is 0 Å². The number of rotatable bonds is 4. The van der Waals surface area contributed by atoms with E-state index in [-0.39, 0.29) is 6.04 Å². The van der Waals surface area contributed by atoms with E-state index in [0.29, 0.717) is 0 Å². The lowest BCUT2D eigenvalue weighted by Crippen LogP contribution is -2.11. The van der Waals surface area contributed by atoms with Gasteiger partial charge in [0.1, 0.15) is 5.82 Å². The van der Waals surface area contributed by atoms with Gasteiger partial charge in [-0.05, 0) is 6.42 Å². The molecule has 0 aliphatic heterocycles. The molecule has 1 atom stereocenters. The molecule has 0 aliphatic carbocycles. The first kappa shape index (κ1) is 8.27. The van der Waals surface area contributed by atoms with Crippen molar-refractivity contribution in [2.24, 2.45) is 5.73 Å². The van der Waals surface area contributed by atoms with E-state index in [0.717, 1.165) is 12.2 Å². The minimum absolute atomic E-state index is 0.0879. The smallest absolute Gasteiger partial charge is 0.123 e. The zero-order chi connectivity index (χ0) is 8.10. The summed E-state index contributed by atoms with van der Waals surface area (Å²) in [6, 6.07) is 0.0879. The van der Waals surface area contributed by atoms with Crippen LogP contribution in [0.4, 0.5) is 0 Å². The minimum Gasteiger partial charge on any atom is -0.347 e. The summed E-state index contributed by atoms with van der Waals surface area (Å²) in [5.41, 5.74) is 5.83. The number of aromatic amines is 1. The van der Waals surface area contributed by atoms with Gasteiger partial charge in [0.2, 0.25) is 0 Å². The molecular weight excluding hydrogens is 138 g/mol. The second kappa shape index (κ2) is 4.13. The van der Waals surface area contributed by atoms with Gasteiger partial charge in [0.05, 0.1) is 6.04 Å². The van der Waals surface area contributed by atoms with Crippen molar-refractivity contribution in [2.45, 2.75) is 32.2 Å². The molecule has 11 heavy (non-hydrogen) atoms. The Morgan fingerprint density at radius 3 is 3.09 bits per heavy atom. The maximum absolute atomic E-state index is 5.83. The number of nitrogens with one attached hydrogen (secondary N) is 1. The van der Waals surface area contributed by atoms with Crippen LogP contribution in [0.1, 0.15) is 38.1 Å². The minimum atomic E-state index is 0.0879. The molecule has 1 aromatic heterocycles. The van der Waals surface area contributed by atoms with Crippen LogP contribution in [-0.4, -0.2) is 9.97 Å². The number of hydrogen-bond acceptors (Lipinski definition) is 2. The van der Waals surface area contributed by atoms with Crippen LogP contribution in [0.25, 0.3) is 0 Å². The first-order chi connectivity index (χ1) is 5.34. The van der Waals surface area contributed by atoms with E-state index >= 15 is 0 Å². The van der Waals surface area contributed by atoms with E-state index in [4.69, 9.17) is 5.73 Å². The highest BCUT2D eigenvalue weighted by atomic mass is 14.9. The molecule has 0 aliphatic rings. The highest BCUT2D eigenvalue weighted by molar-refractivity contribution is 4.93. The van der Waals surface area contributed by atoms with Crippen LogP contribution in [0, 0.1) is 0 Å². The molecule has 0 unspecified atom stereocenters. The van der Waals surface area contributed by atoms with Crippen LogP contribution in [0.15, 0.2) is 12.4 Å². The Bertz CT molecular complexity index is 181. The summed E-state index contributed by atoms with van der Waals surface area (Å²) in [6.07, 6.45) is 6.92. The summed E-state index contributed by atoms with van der Waals surface area (Å²) in [4.78, 5) is 7.10. The van der Waals surface area contributed by atoms with Gasteiger partial charge in [-0.1, -0.05) is 19.8 Å². The third-order valence-electron chi connectivity index (χ3n) is 1.74.